The van der Waals surface area contributed by atoms with Crippen LogP contribution in [0.3, 0.4) is 0 Å². The van der Waals surface area contributed by atoms with Gasteiger partial charge in [0.25, 0.3) is 0 Å². The van der Waals surface area contributed by atoms with E-state index in [1.807, 2.05) is 22.7 Å². The number of halogens is 1. The molecule has 22 heavy (non-hydrogen) atoms. The molecule has 1 saturated heterocycles. The van der Waals surface area contributed by atoms with Gasteiger partial charge < -0.3 is 4.90 Å². The second-order valence-corrected chi connectivity index (χ2v) is 8.85. The molecule has 0 N–H and O–H groups in total. The fraction of sp³-hybridized carbons (Fsp3) is 0.357. The molecule has 1 heterocycles. The highest BCUT2D eigenvalue weighted by Crippen LogP contribution is 2.31. The van der Waals surface area contributed by atoms with Gasteiger partial charge in [-0.05, 0) is 30.5 Å². The SMILES string of the molecule is CSC(=C(C#N)S(=O)(=O)c1ccc(Cl)cc1)N1CCSCC1. The quantitative estimate of drug-likeness (QED) is 0.754. The summed E-state index contributed by atoms with van der Waals surface area (Å²) in [5.41, 5.74) is 0. The third-order valence-corrected chi connectivity index (χ3v) is 7.07. The van der Waals surface area contributed by atoms with E-state index in [-0.39, 0.29) is 9.80 Å². The maximum Gasteiger partial charge on any atom is 0.219 e. The van der Waals surface area contributed by atoms with E-state index < -0.39 is 9.84 Å². The summed E-state index contributed by atoms with van der Waals surface area (Å²) < 4.78 is 25.5. The Morgan fingerprint density at radius 3 is 2.41 bits per heavy atom. The van der Waals surface area contributed by atoms with Crippen molar-refractivity contribution in [2.24, 2.45) is 0 Å². The van der Waals surface area contributed by atoms with Gasteiger partial charge in [0, 0.05) is 29.6 Å². The summed E-state index contributed by atoms with van der Waals surface area (Å²) in [6.07, 6.45) is 1.80. The summed E-state index contributed by atoms with van der Waals surface area (Å²) in [6.45, 7) is 1.50. The van der Waals surface area contributed by atoms with Gasteiger partial charge in [-0.25, -0.2) is 8.42 Å². The molecule has 2 rings (SSSR count). The van der Waals surface area contributed by atoms with Gasteiger partial charge in [-0.15, -0.1) is 11.8 Å². The molecule has 1 aromatic carbocycles. The zero-order chi connectivity index (χ0) is 16.2. The number of rotatable bonds is 4. The van der Waals surface area contributed by atoms with E-state index in [0.29, 0.717) is 10.1 Å². The van der Waals surface area contributed by atoms with Crippen LogP contribution in [0, 0.1) is 11.3 Å². The number of benzene rings is 1. The summed E-state index contributed by atoms with van der Waals surface area (Å²) in [6, 6.07) is 7.78. The predicted molar refractivity (Wildman–Crippen MR) is 93.7 cm³/mol. The molecule has 0 bridgehead atoms. The smallest absolute Gasteiger partial charge is 0.219 e. The Balaban J connectivity index is 2.49. The van der Waals surface area contributed by atoms with Gasteiger partial charge in [0.1, 0.15) is 11.1 Å². The van der Waals surface area contributed by atoms with Crippen molar-refractivity contribution in [3.63, 3.8) is 0 Å². The molecule has 0 saturated carbocycles. The van der Waals surface area contributed by atoms with Crippen LogP contribution >= 0.6 is 35.1 Å². The Morgan fingerprint density at radius 2 is 1.91 bits per heavy atom. The van der Waals surface area contributed by atoms with Crippen molar-refractivity contribution >= 4 is 45.0 Å². The highest BCUT2D eigenvalue weighted by molar-refractivity contribution is 8.04. The number of hydrogen-bond acceptors (Lipinski definition) is 6. The minimum absolute atomic E-state index is 0.0892. The van der Waals surface area contributed by atoms with E-state index in [1.165, 1.54) is 36.0 Å². The monoisotopic (exact) mass is 374 g/mol. The van der Waals surface area contributed by atoms with Crippen LogP contribution in [0.1, 0.15) is 0 Å². The third kappa shape index (κ3) is 3.74. The molecule has 1 aliphatic rings. The Hall–Kier alpha value is -0.810. The van der Waals surface area contributed by atoms with Gasteiger partial charge in [-0.3, -0.25) is 0 Å². The van der Waals surface area contributed by atoms with Crippen LogP contribution in [0.25, 0.3) is 0 Å². The van der Waals surface area contributed by atoms with Crippen LogP contribution in [0.5, 0.6) is 0 Å². The van der Waals surface area contributed by atoms with Crippen molar-refractivity contribution in [1.29, 1.82) is 5.26 Å². The van der Waals surface area contributed by atoms with E-state index >= 15 is 0 Å². The van der Waals surface area contributed by atoms with Crippen molar-refractivity contribution in [1.82, 2.24) is 4.90 Å². The zero-order valence-corrected chi connectivity index (χ0v) is 15.2. The Bertz CT molecular complexity index is 703. The van der Waals surface area contributed by atoms with Crippen LogP contribution in [0.15, 0.2) is 39.1 Å². The van der Waals surface area contributed by atoms with Gasteiger partial charge in [-0.2, -0.15) is 17.0 Å². The molecule has 0 spiro atoms. The van der Waals surface area contributed by atoms with E-state index in [1.54, 1.807) is 6.26 Å². The van der Waals surface area contributed by atoms with Crippen molar-refractivity contribution in [2.75, 3.05) is 30.9 Å². The first-order valence-corrected chi connectivity index (χ1v) is 10.8. The van der Waals surface area contributed by atoms with E-state index in [2.05, 4.69) is 0 Å². The molecule has 1 aromatic rings. The maximum atomic E-state index is 12.7. The molecule has 0 amide bonds. The van der Waals surface area contributed by atoms with Crippen molar-refractivity contribution in [3.8, 4) is 6.07 Å². The Morgan fingerprint density at radius 1 is 1.32 bits per heavy atom. The normalized spacial score (nSPS) is 16.9. The minimum atomic E-state index is -3.84. The summed E-state index contributed by atoms with van der Waals surface area (Å²) in [5, 5.41) is 10.4. The molecule has 8 heteroatoms. The lowest BCUT2D eigenvalue weighted by Gasteiger charge is -2.30. The van der Waals surface area contributed by atoms with Crippen LogP contribution in [-0.2, 0) is 9.84 Å². The second-order valence-electron chi connectivity index (χ2n) is 4.51. The number of sulfone groups is 1. The largest absolute Gasteiger partial charge is 0.363 e. The molecule has 1 fully saturated rings. The molecule has 0 unspecified atom stereocenters. The van der Waals surface area contributed by atoms with Crippen molar-refractivity contribution in [3.05, 3.63) is 39.2 Å². The second kappa shape index (κ2) is 7.64. The lowest BCUT2D eigenvalue weighted by Crippen LogP contribution is -2.32. The lowest BCUT2D eigenvalue weighted by molar-refractivity contribution is 0.406. The van der Waals surface area contributed by atoms with Crippen molar-refractivity contribution < 1.29 is 8.42 Å². The van der Waals surface area contributed by atoms with Crippen molar-refractivity contribution in [2.45, 2.75) is 4.90 Å². The number of nitriles is 1. The number of hydrogen-bond donors (Lipinski definition) is 0. The van der Waals surface area contributed by atoms with Gasteiger partial charge in [0.2, 0.25) is 9.84 Å². The highest BCUT2D eigenvalue weighted by Gasteiger charge is 2.28. The fourth-order valence-electron chi connectivity index (χ4n) is 2.09. The van der Waals surface area contributed by atoms with Gasteiger partial charge in [-0.1, -0.05) is 11.6 Å². The minimum Gasteiger partial charge on any atom is -0.363 e. The molecule has 0 aliphatic carbocycles. The Kier molecular flexibility index (Phi) is 6.09. The van der Waals surface area contributed by atoms with Crippen LogP contribution < -0.4 is 0 Å². The lowest BCUT2D eigenvalue weighted by atomic mass is 10.4. The van der Waals surface area contributed by atoms with Gasteiger partial charge in [0.05, 0.1) is 4.90 Å². The highest BCUT2D eigenvalue weighted by atomic mass is 35.5. The third-order valence-electron chi connectivity index (χ3n) is 3.18. The standard InChI is InChI=1S/C14H15ClN2O2S3/c1-20-14(17-6-8-21-9-7-17)13(10-16)22(18,19)12-4-2-11(15)3-5-12/h2-5H,6-9H2,1H3. The topological polar surface area (TPSA) is 61.2 Å². The summed E-state index contributed by atoms with van der Waals surface area (Å²) >= 11 is 8.93. The number of nitrogens with zero attached hydrogens (tertiary/aromatic N) is 2. The summed E-state index contributed by atoms with van der Waals surface area (Å²) in [7, 11) is -3.84. The summed E-state index contributed by atoms with van der Waals surface area (Å²) in [5.74, 6) is 1.87. The Labute approximate surface area is 144 Å². The average Bonchev–Trinajstić information content (AvgIpc) is 2.53. The maximum absolute atomic E-state index is 12.7. The summed E-state index contributed by atoms with van der Waals surface area (Å²) in [4.78, 5) is 1.88. The molecule has 0 radical (unpaired) electrons. The molecule has 4 nitrogen and oxygen atoms in total. The first kappa shape index (κ1) is 17.5. The predicted octanol–water partition coefficient (Wildman–Crippen LogP) is 3.22. The van der Waals surface area contributed by atoms with Gasteiger partial charge in [0.15, 0.2) is 4.91 Å². The number of allylic oxidation sites excluding steroid dienone is 1. The van der Waals surface area contributed by atoms with Crippen LogP contribution in [0.2, 0.25) is 5.02 Å². The average molecular weight is 375 g/mol. The zero-order valence-electron chi connectivity index (χ0n) is 12.0. The van der Waals surface area contributed by atoms with Crippen LogP contribution in [-0.4, -0.2) is 44.2 Å². The van der Waals surface area contributed by atoms with Gasteiger partial charge >= 0.3 is 0 Å². The van der Waals surface area contributed by atoms with Crippen LogP contribution in [0.4, 0.5) is 0 Å². The molecular weight excluding hydrogens is 360 g/mol. The molecule has 1 aliphatic heterocycles. The first-order valence-electron chi connectivity index (χ1n) is 6.52. The molecule has 0 aromatic heterocycles. The van der Waals surface area contributed by atoms with E-state index in [9.17, 15) is 13.7 Å². The fourth-order valence-corrected chi connectivity index (χ4v) is 5.58. The molecule has 0 atom stereocenters. The van der Waals surface area contributed by atoms with E-state index in [0.717, 1.165) is 24.6 Å². The molecular formula is C14H15ClN2O2S3. The first-order chi connectivity index (χ1) is 10.5. The van der Waals surface area contributed by atoms with E-state index in [4.69, 9.17) is 11.6 Å². The number of thioether (sulfide) groups is 2. The molecule has 118 valence electrons.